The summed E-state index contributed by atoms with van der Waals surface area (Å²) in [6.07, 6.45) is -5.33. The van der Waals surface area contributed by atoms with Crippen LogP contribution in [0.15, 0.2) is 23.1 Å². The van der Waals surface area contributed by atoms with Gasteiger partial charge in [-0.1, -0.05) is 0 Å². The van der Waals surface area contributed by atoms with Gasteiger partial charge in [0.1, 0.15) is 10.7 Å². The van der Waals surface area contributed by atoms with Crippen molar-refractivity contribution in [2.45, 2.75) is 17.5 Å². The van der Waals surface area contributed by atoms with Crippen molar-refractivity contribution in [3.63, 3.8) is 0 Å². The number of carbonyl (C=O) groups is 1. The minimum Gasteiger partial charge on any atom is -0.481 e. The second kappa shape index (κ2) is 5.75. The van der Waals surface area contributed by atoms with Gasteiger partial charge in [0.15, 0.2) is 0 Å². The predicted molar refractivity (Wildman–Crippen MR) is 58.8 cm³/mol. The topological polar surface area (TPSA) is 83.5 Å². The first kappa shape index (κ1) is 16.4. The van der Waals surface area contributed by atoms with E-state index < -0.39 is 51.4 Å². The van der Waals surface area contributed by atoms with Gasteiger partial charge >= 0.3 is 12.1 Å². The molecule has 0 heterocycles. The molecule has 0 aliphatic heterocycles. The fourth-order valence-electron chi connectivity index (χ4n) is 1.27. The van der Waals surface area contributed by atoms with Gasteiger partial charge in [-0.05, 0) is 18.2 Å². The summed E-state index contributed by atoms with van der Waals surface area (Å²) in [4.78, 5) is 9.23. The molecule has 5 nitrogen and oxygen atoms in total. The van der Waals surface area contributed by atoms with Gasteiger partial charge in [-0.15, -0.1) is 0 Å². The second-order valence-electron chi connectivity index (χ2n) is 3.68. The van der Waals surface area contributed by atoms with E-state index in [2.05, 4.69) is 0 Å². The predicted octanol–water partition coefficient (Wildman–Crippen LogP) is 1.60. The summed E-state index contributed by atoms with van der Waals surface area (Å²) in [6, 6.07) is 0.960. The van der Waals surface area contributed by atoms with Crippen molar-refractivity contribution in [2.75, 3.05) is 6.54 Å². The molecule has 0 amide bonds. The molecule has 20 heavy (non-hydrogen) atoms. The van der Waals surface area contributed by atoms with Crippen LogP contribution >= 0.6 is 0 Å². The molecule has 0 radical (unpaired) electrons. The van der Waals surface area contributed by atoms with Crippen molar-refractivity contribution >= 4 is 16.0 Å². The second-order valence-corrected chi connectivity index (χ2v) is 5.42. The highest BCUT2D eigenvalue weighted by Gasteiger charge is 2.32. The first-order valence-electron chi connectivity index (χ1n) is 5.12. The van der Waals surface area contributed by atoms with Crippen LogP contribution in [0.1, 0.15) is 12.0 Å². The van der Waals surface area contributed by atoms with Gasteiger partial charge < -0.3 is 5.11 Å². The van der Waals surface area contributed by atoms with Crippen LogP contribution in [0.2, 0.25) is 0 Å². The molecular formula is C10H9F4NO4S. The molecule has 1 aromatic rings. The Balaban J connectivity index is 2.99. The lowest BCUT2D eigenvalue weighted by Gasteiger charge is -2.10. The zero-order valence-electron chi connectivity index (χ0n) is 9.74. The van der Waals surface area contributed by atoms with Gasteiger partial charge in [0.2, 0.25) is 10.0 Å². The highest BCUT2D eigenvalue weighted by Crippen LogP contribution is 2.30. The van der Waals surface area contributed by atoms with Crippen molar-refractivity contribution in [1.29, 1.82) is 0 Å². The summed E-state index contributed by atoms with van der Waals surface area (Å²) < 4.78 is 75.2. The number of hydrogen-bond donors (Lipinski definition) is 2. The lowest BCUT2D eigenvalue weighted by atomic mass is 10.2. The van der Waals surface area contributed by atoms with Crippen LogP contribution in [0.5, 0.6) is 0 Å². The fraction of sp³-hybridized carbons (Fsp3) is 0.300. The number of hydrogen-bond acceptors (Lipinski definition) is 3. The van der Waals surface area contributed by atoms with E-state index in [-0.39, 0.29) is 6.07 Å². The largest absolute Gasteiger partial charge is 0.481 e. The molecule has 0 fully saturated rings. The summed E-state index contributed by atoms with van der Waals surface area (Å²) in [6.45, 7) is -0.502. The molecule has 0 unspecified atom stereocenters. The van der Waals surface area contributed by atoms with Crippen molar-refractivity contribution < 1.29 is 35.9 Å². The van der Waals surface area contributed by atoms with Gasteiger partial charge in [0.05, 0.1) is 12.0 Å². The minimum absolute atomic E-state index is 0.0613. The number of carboxylic acid groups (broad SMARTS) is 1. The standard InChI is InChI=1S/C10H9F4NO4S/c11-7-5-6(10(12,13)14)1-2-8(7)20(18,19)15-4-3-9(16)17/h1-2,5,15H,3-4H2,(H,16,17). The monoisotopic (exact) mass is 315 g/mol. The Kier molecular flexibility index (Phi) is 4.71. The van der Waals surface area contributed by atoms with Gasteiger partial charge in [0.25, 0.3) is 0 Å². The van der Waals surface area contributed by atoms with E-state index in [1.807, 2.05) is 0 Å². The maximum Gasteiger partial charge on any atom is 0.416 e. The minimum atomic E-state index is -4.79. The SMILES string of the molecule is O=C(O)CCNS(=O)(=O)c1ccc(C(F)(F)F)cc1F. The van der Waals surface area contributed by atoms with Gasteiger partial charge in [-0.25, -0.2) is 17.5 Å². The van der Waals surface area contributed by atoms with Crippen molar-refractivity contribution in [1.82, 2.24) is 4.72 Å². The van der Waals surface area contributed by atoms with E-state index in [9.17, 15) is 30.8 Å². The molecule has 0 bridgehead atoms. The van der Waals surface area contributed by atoms with Crippen LogP contribution in [0.25, 0.3) is 0 Å². The number of aliphatic carboxylic acids is 1. The van der Waals surface area contributed by atoms with Crippen LogP contribution in [0.4, 0.5) is 17.6 Å². The molecule has 0 aliphatic rings. The van der Waals surface area contributed by atoms with E-state index in [4.69, 9.17) is 5.11 Å². The average Bonchev–Trinajstić information content (AvgIpc) is 2.26. The van der Waals surface area contributed by atoms with E-state index >= 15 is 0 Å². The number of benzene rings is 1. The van der Waals surface area contributed by atoms with Crippen LogP contribution in [0, 0.1) is 5.82 Å². The van der Waals surface area contributed by atoms with Gasteiger partial charge in [-0.3, -0.25) is 4.79 Å². The van der Waals surface area contributed by atoms with E-state index in [0.717, 1.165) is 0 Å². The summed E-state index contributed by atoms with van der Waals surface area (Å²) in [5, 5.41) is 8.33. The molecule has 112 valence electrons. The van der Waals surface area contributed by atoms with E-state index in [0.29, 0.717) is 12.1 Å². The lowest BCUT2D eigenvalue weighted by Crippen LogP contribution is -2.27. The molecular weight excluding hydrogens is 306 g/mol. The zero-order chi connectivity index (χ0) is 15.6. The maximum atomic E-state index is 13.4. The fourth-order valence-corrected chi connectivity index (χ4v) is 2.35. The summed E-state index contributed by atoms with van der Waals surface area (Å²) in [5.41, 5.74) is -1.32. The first-order chi connectivity index (χ1) is 9.04. The number of sulfonamides is 1. The molecule has 2 N–H and O–H groups in total. The molecule has 1 aromatic carbocycles. The molecule has 10 heteroatoms. The van der Waals surface area contributed by atoms with Crippen LogP contribution in [-0.4, -0.2) is 26.0 Å². The average molecular weight is 315 g/mol. The summed E-state index contributed by atoms with van der Waals surface area (Å²) >= 11 is 0. The number of halogens is 4. The third-order valence-electron chi connectivity index (χ3n) is 2.18. The Hall–Kier alpha value is -1.68. The summed E-state index contributed by atoms with van der Waals surface area (Å²) in [5.74, 6) is -2.84. The smallest absolute Gasteiger partial charge is 0.416 e. The van der Waals surface area contributed by atoms with Gasteiger partial charge in [-0.2, -0.15) is 13.2 Å². The van der Waals surface area contributed by atoms with Crippen LogP contribution in [0.3, 0.4) is 0 Å². The molecule has 0 aliphatic carbocycles. The van der Waals surface area contributed by atoms with Crippen LogP contribution in [-0.2, 0) is 21.0 Å². The van der Waals surface area contributed by atoms with Crippen molar-refractivity contribution in [3.8, 4) is 0 Å². The molecule has 0 aromatic heterocycles. The van der Waals surface area contributed by atoms with E-state index in [1.54, 1.807) is 4.72 Å². The number of rotatable bonds is 5. The third kappa shape index (κ3) is 4.17. The Morgan fingerprint density at radius 1 is 1.30 bits per heavy atom. The van der Waals surface area contributed by atoms with E-state index in [1.165, 1.54) is 0 Å². The summed E-state index contributed by atoms with van der Waals surface area (Å²) in [7, 11) is -4.40. The lowest BCUT2D eigenvalue weighted by molar-refractivity contribution is -0.138. The van der Waals surface area contributed by atoms with Gasteiger partial charge in [0, 0.05) is 6.54 Å². The Morgan fingerprint density at radius 2 is 1.90 bits per heavy atom. The Labute approximate surface area is 111 Å². The maximum absolute atomic E-state index is 13.4. The highest BCUT2D eigenvalue weighted by molar-refractivity contribution is 7.89. The third-order valence-corrected chi connectivity index (χ3v) is 3.67. The highest BCUT2D eigenvalue weighted by atomic mass is 32.2. The zero-order valence-corrected chi connectivity index (χ0v) is 10.6. The molecule has 0 saturated heterocycles. The molecule has 0 spiro atoms. The number of carboxylic acids is 1. The van der Waals surface area contributed by atoms with Crippen LogP contribution < -0.4 is 4.72 Å². The molecule has 0 saturated carbocycles. The van der Waals surface area contributed by atoms with Crippen molar-refractivity contribution in [3.05, 3.63) is 29.6 Å². The number of alkyl halides is 3. The quantitative estimate of drug-likeness (QED) is 0.808. The Bertz CT molecular complexity index is 612. The molecule has 1 rings (SSSR count). The molecule has 0 atom stereocenters. The van der Waals surface area contributed by atoms with Crippen molar-refractivity contribution in [2.24, 2.45) is 0 Å². The first-order valence-corrected chi connectivity index (χ1v) is 6.60. The Morgan fingerprint density at radius 3 is 2.35 bits per heavy atom. The number of nitrogens with one attached hydrogen (secondary N) is 1. The normalized spacial score (nSPS) is 12.4.